The van der Waals surface area contributed by atoms with E-state index in [-0.39, 0.29) is 29.5 Å². The summed E-state index contributed by atoms with van der Waals surface area (Å²) in [5.74, 6) is 0.0815. The zero-order chi connectivity index (χ0) is 17.2. The number of benzene rings is 1. The van der Waals surface area contributed by atoms with Crippen molar-refractivity contribution in [3.05, 3.63) is 29.8 Å². The van der Waals surface area contributed by atoms with Crippen molar-refractivity contribution >= 4 is 5.91 Å². The van der Waals surface area contributed by atoms with Gasteiger partial charge in [0.1, 0.15) is 5.75 Å². The number of aliphatic hydroxyl groups is 1. The number of hydrogen-bond acceptors (Lipinski definition) is 4. The topological polar surface area (TPSA) is 70.6 Å². The molecule has 3 N–H and O–H groups in total. The summed E-state index contributed by atoms with van der Waals surface area (Å²) in [7, 11) is 0. The molecule has 2 unspecified atom stereocenters. The molecule has 1 aromatic rings. The second-order valence-corrected chi connectivity index (χ2v) is 6.58. The Morgan fingerprint density at radius 1 is 1.33 bits per heavy atom. The van der Waals surface area contributed by atoms with E-state index in [0.29, 0.717) is 5.56 Å². The first-order valence-electron chi connectivity index (χ1n) is 8.21. The second kappa shape index (κ2) is 7.03. The van der Waals surface area contributed by atoms with Gasteiger partial charge >= 0.3 is 6.61 Å². The number of hydrogen-bond donors (Lipinski definition) is 3. The van der Waals surface area contributed by atoms with Crippen LogP contribution in [-0.4, -0.2) is 37.3 Å². The maximum absolute atomic E-state index is 12.2. The molecule has 1 saturated heterocycles. The van der Waals surface area contributed by atoms with Gasteiger partial charge in [-0.05, 0) is 55.5 Å². The first-order valence-corrected chi connectivity index (χ1v) is 8.21. The quantitative estimate of drug-likeness (QED) is 0.739. The number of carbonyl (C=O) groups excluding carboxylic acids is 1. The van der Waals surface area contributed by atoms with E-state index in [0.717, 1.165) is 32.4 Å². The van der Waals surface area contributed by atoms with Crippen LogP contribution in [0.25, 0.3) is 0 Å². The minimum absolute atomic E-state index is 0.00592. The highest BCUT2D eigenvalue weighted by Gasteiger charge is 2.57. The molecule has 1 aliphatic heterocycles. The number of halogens is 2. The van der Waals surface area contributed by atoms with Crippen molar-refractivity contribution < 1.29 is 23.4 Å². The van der Waals surface area contributed by atoms with Crippen molar-refractivity contribution in [2.75, 3.05) is 19.6 Å². The first kappa shape index (κ1) is 17.1. The summed E-state index contributed by atoms with van der Waals surface area (Å²) in [4.78, 5) is 12.2. The van der Waals surface area contributed by atoms with Crippen LogP contribution in [0.5, 0.6) is 5.75 Å². The Morgan fingerprint density at radius 3 is 2.62 bits per heavy atom. The highest BCUT2D eigenvalue weighted by Crippen LogP contribution is 2.58. The fourth-order valence-electron chi connectivity index (χ4n) is 3.51. The van der Waals surface area contributed by atoms with Crippen LogP contribution < -0.4 is 15.4 Å². The van der Waals surface area contributed by atoms with Gasteiger partial charge in [-0.2, -0.15) is 8.78 Å². The smallest absolute Gasteiger partial charge is 0.387 e. The average Bonchev–Trinajstić information content (AvgIpc) is 3.26. The number of ether oxygens (including phenoxy) is 1. The Balaban J connectivity index is 1.47. The van der Waals surface area contributed by atoms with Crippen LogP contribution in [0.1, 0.15) is 30.9 Å². The van der Waals surface area contributed by atoms with Crippen molar-refractivity contribution in [1.29, 1.82) is 0 Å². The summed E-state index contributed by atoms with van der Waals surface area (Å²) in [6.45, 7) is -0.849. The third kappa shape index (κ3) is 3.84. The van der Waals surface area contributed by atoms with E-state index in [1.807, 2.05) is 0 Å². The molecule has 3 rings (SSSR count). The van der Waals surface area contributed by atoms with Gasteiger partial charge in [0.25, 0.3) is 0 Å². The highest BCUT2D eigenvalue weighted by atomic mass is 19.3. The molecule has 1 aromatic carbocycles. The maximum Gasteiger partial charge on any atom is 0.387 e. The summed E-state index contributed by atoms with van der Waals surface area (Å²) in [6, 6.07) is 5.77. The van der Waals surface area contributed by atoms with Gasteiger partial charge in [-0.3, -0.25) is 4.79 Å². The van der Waals surface area contributed by atoms with Crippen molar-refractivity contribution in [3.8, 4) is 5.75 Å². The van der Waals surface area contributed by atoms with Gasteiger partial charge in [-0.15, -0.1) is 0 Å². The molecule has 1 saturated carbocycles. The minimum atomic E-state index is -2.87. The summed E-state index contributed by atoms with van der Waals surface area (Å²) in [5.41, 5.74) is 0.707. The fraction of sp³-hybridized carbons (Fsp3) is 0.588. The van der Waals surface area contributed by atoms with E-state index < -0.39 is 12.7 Å². The molecule has 0 bridgehead atoms. The number of alkyl halides is 2. The monoisotopic (exact) mass is 340 g/mol. The number of piperidine rings is 1. The molecule has 1 spiro atoms. The zero-order valence-electron chi connectivity index (χ0n) is 13.3. The molecule has 7 heteroatoms. The Labute approximate surface area is 139 Å². The van der Waals surface area contributed by atoms with Gasteiger partial charge in [0.2, 0.25) is 5.91 Å². The van der Waals surface area contributed by atoms with Gasteiger partial charge in [0.15, 0.2) is 0 Å². The van der Waals surface area contributed by atoms with Gasteiger partial charge in [0.05, 0.1) is 6.10 Å². The highest BCUT2D eigenvalue weighted by molar-refractivity contribution is 5.82. The number of amides is 1. The van der Waals surface area contributed by atoms with Crippen LogP contribution >= 0.6 is 0 Å². The summed E-state index contributed by atoms with van der Waals surface area (Å²) >= 11 is 0. The van der Waals surface area contributed by atoms with E-state index in [9.17, 15) is 18.7 Å². The van der Waals surface area contributed by atoms with Crippen LogP contribution in [0.2, 0.25) is 0 Å². The first-order chi connectivity index (χ1) is 11.5. The van der Waals surface area contributed by atoms with Crippen molar-refractivity contribution in [2.45, 2.75) is 32.0 Å². The molecule has 0 radical (unpaired) electrons. The second-order valence-electron chi connectivity index (χ2n) is 6.58. The normalized spacial score (nSPS) is 23.1. The van der Waals surface area contributed by atoms with Crippen molar-refractivity contribution in [2.24, 2.45) is 11.3 Å². The molecule has 2 fully saturated rings. The van der Waals surface area contributed by atoms with Crippen molar-refractivity contribution in [1.82, 2.24) is 10.6 Å². The molecular weight excluding hydrogens is 318 g/mol. The van der Waals surface area contributed by atoms with Crippen LogP contribution in [0, 0.1) is 11.3 Å². The molecule has 132 valence electrons. The molecule has 1 aliphatic carbocycles. The molecule has 0 aromatic heterocycles. The number of rotatable bonds is 6. The minimum Gasteiger partial charge on any atom is -0.435 e. The Kier molecular flexibility index (Phi) is 5.01. The molecule has 2 aliphatic rings. The Bertz CT molecular complexity index is 574. The van der Waals surface area contributed by atoms with E-state index in [1.54, 1.807) is 0 Å². The number of carbonyl (C=O) groups is 1. The summed E-state index contributed by atoms with van der Waals surface area (Å²) in [6.07, 6.45) is 2.10. The molecule has 1 heterocycles. The largest absolute Gasteiger partial charge is 0.435 e. The van der Waals surface area contributed by atoms with Gasteiger partial charge in [-0.1, -0.05) is 12.1 Å². The predicted octanol–water partition coefficient (Wildman–Crippen LogP) is 1.83. The van der Waals surface area contributed by atoms with Crippen LogP contribution in [0.4, 0.5) is 8.78 Å². The molecule has 5 nitrogen and oxygen atoms in total. The van der Waals surface area contributed by atoms with Crippen LogP contribution in [0.3, 0.4) is 0 Å². The third-order valence-corrected chi connectivity index (χ3v) is 5.07. The average molecular weight is 340 g/mol. The SMILES string of the molecule is O=C(NCC(O)c1ccc(OC(F)F)cc1)C1CC12CCNCC2. The van der Waals surface area contributed by atoms with Crippen LogP contribution in [-0.2, 0) is 4.79 Å². The van der Waals surface area contributed by atoms with E-state index in [1.165, 1.54) is 24.3 Å². The summed E-state index contributed by atoms with van der Waals surface area (Å²) < 4.78 is 28.5. The molecule has 1 amide bonds. The lowest BCUT2D eigenvalue weighted by molar-refractivity contribution is -0.123. The number of aliphatic hydroxyl groups excluding tert-OH is 1. The van der Waals surface area contributed by atoms with Crippen LogP contribution in [0.15, 0.2) is 24.3 Å². The van der Waals surface area contributed by atoms with Gasteiger partial charge in [-0.25, -0.2) is 0 Å². The zero-order valence-corrected chi connectivity index (χ0v) is 13.3. The predicted molar refractivity (Wildman–Crippen MR) is 83.7 cm³/mol. The van der Waals surface area contributed by atoms with E-state index in [4.69, 9.17) is 0 Å². The van der Waals surface area contributed by atoms with Gasteiger partial charge < -0.3 is 20.5 Å². The van der Waals surface area contributed by atoms with Gasteiger partial charge in [0, 0.05) is 12.5 Å². The lowest BCUT2D eigenvalue weighted by Gasteiger charge is -2.23. The standard InChI is InChI=1S/C17H22F2N2O3/c18-16(19)24-12-3-1-11(2-4-12)14(22)10-21-15(23)13-9-17(13)5-7-20-8-6-17/h1-4,13-14,16,20,22H,5-10H2,(H,21,23). The maximum atomic E-state index is 12.2. The fourth-order valence-corrected chi connectivity index (χ4v) is 3.51. The molecule has 24 heavy (non-hydrogen) atoms. The Hall–Kier alpha value is -1.73. The molecular formula is C17H22F2N2O3. The third-order valence-electron chi connectivity index (χ3n) is 5.07. The lowest BCUT2D eigenvalue weighted by atomic mass is 9.92. The summed E-state index contributed by atoms with van der Waals surface area (Å²) in [5, 5.41) is 16.2. The lowest BCUT2D eigenvalue weighted by Crippen LogP contribution is -2.35. The number of nitrogens with one attached hydrogen (secondary N) is 2. The van der Waals surface area contributed by atoms with Crippen molar-refractivity contribution in [3.63, 3.8) is 0 Å². The van der Waals surface area contributed by atoms with E-state index in [2.05, 4.69) is 15.4 Å². The Morgan fingerprint density at radius 2 is 2.00 bits per heavy atom. The van der Waals surface area contributed by atoms with E-state index >= 15 is 0 Å². The molecule has 2 atom stereocenters.